The SMILES string of the molecule is COC(=O)c1nc(N2CCNCC2)cs1. The normalized spacial score (nSPS) is 16.5. The number of nitrogens with zero attached hydrogens (tertiary/aromatic N) is 2. The van der Waals surface area contributed by atoms with E-state index in [-0.39, 0.29) is 5.97 Å². The Hall–Kier alpha value is -1.14. The van der Waals surface area contributed by atoms with Gasteiger partial charge >= 0.3 is 5.97 Å². The number of carbonyl (C=O) groups excluding carboxylic acids is 1. The highest BCUT2D eigenvalue weighted by molar-refractivity contribution is 7.12. The number of hydrogen-bond donors (Lipinski definition) is 1. The topological polar surface area (TPSA) is 54.5 Å². The summed E-state index contributed by atoms with van der Waals surface area (Å²) in [6.07, 6.45) is 0. The summed E-state index contributed by atoms with van der Waals surface area (Å²) in [5.41, 5.74) is 0. The van der Waals surface area contributed by atoms with Crippen molar-refractivity contribution in [3.8, 4) is 0 Å². The molecule has 0 spiro atoms. The highest BCUT2D eigenvalue weighted by atomic mass is 32.1. The summed E-state index contributed by atoms with van der Waals surface area (Å²) < 4.78 is 4.62. The van der Waals surface area contributed by atoms with Gasteiger partial charge in [0.25, 0.3) is 0 Å². The van der Waals surface area contributed by atoms with Gasteiger partial charge in [-0.25, -0.2) is 9.78 Å². The van der Waals surface area contributed by atoms with Crippen molar-refractivity contribution in [2.24, 2.45) is 0 Å². The van der Waals surface area contributed by atoms with Crippen LogP contribution in [0, 0.1) is 0 Å². The summed E-state index contributed by atoms with van der Waals surface area (Å²) in [4.78, 5) is 17.6. The van der Waals surface area contributed by atoms with E-state index in [0.717, 1.165) is 32.0 Å². The van der Waals surface area contributed by atoms with Gasteiger partial charge in [-0.3, -0.25) is 0 Å². The third-order valence-electron chi connectivity index (χ3n) is 2.29. The van der Waals surface area contributed by atoms with Crippen LogP contribution in [0.5, 0.6) is 0 Å². The molecule has 0 bridgehead atoms. The zero-order chi connectivity index (χ0) is 10.7. The van der Waals surface area contributed by atoms with E-state index in [1.165, 1.54) is 18.4 Å². The summed E-state index contributed by atoms with van der Waals surface area (Å²) in [5, 5.41) is 5.59. The quantitative estimate of drug-likeness (QED) is 0.738. The van der Waals surface area contributed by atoms with Crippen molar-refractivity contribution in [3.63, 3.8) is 0 Å². The Balaban J connectivity index is 2.08. The van der Waals surface area contributed by atoms with Crippen LogP contribution in [0.3, 0.4) is 0 Å². The molecule has 1 fully saturated rings. The van der Waals surface area contributed by atoms with Gasteiger partial charge in [0.15, 0.2) is 0 Å². The van der Waals surface area contributed by atoms with Crippen molar-refractivity contribution < 1.29 is 9.53 Å². The Morgan fingerprint density at radius 2 is 2.33 bits per heavy atom. The molecule has 0 atom stereocenters. The first-order valence-electron chi connectivity index (χ1n) is 4.81. The Morgan fingerprint density at radius 1 is 1.60 bits per heavy atom. The molecule has 0 aliphatic carbocycles. The van der Waals surface area contributed by atoms with Gasteiger partial charge in [0.1, 0.15) is 5.82 Å². The number of esters is 1. The van der Waals surface area contributed by atoms with Crippen LogP contribution in [-0.2, 0) is 4.74 Å². The van der Waals surface area contributed by atoms with Gasteiger partial charge < -0.3 is 15.0 Å². The van der Waals surface area contributed by atoms with Crippen molar-refractivity contribution in [2.75, 3.05) is 38.2 Å². The molecule has 0 saturated carbocycles. The minimum atomic E-state index is -0.360. The molecule has 0 aromatic carbocycles. The fourth-order valence-electron chi connectivity index (χ4n) is 1.49. The molecule has 0 radical (unpaired) electrons. The van der Waals surface area contributed by atoms with Gasteiger partial charge in [-0.05, 0) is 0 Å². The molecule has 1 aliphatic rings. The second-order valence-corrected chi connectivity index (χ2v) is 4.10. The highest BCUT2D eigenvalue weighted by Crippen LogP contribution is 2.19. The molecule has 0 amide bonds. The van der Waals surface area contributed by atoms with Crippen molar-refractivity contribution in [1.82, 2.24) is 10.3 Å². The molecule has 0 unspecified atom stereocenters. The van der Waals surface area contributed by atoms with Crippen LogP contribution in [0.4, 0.5) is 5.82 Å². The van der Waals surface area contributed by atoms with Crippen LogP contribution in [0.2, 0.25) is 0 Å². The summed E-state index contributed by atoms with van der Waals surface area (Å²) in [5.74, 6) is 0.517. The number of rotatable bonds is 2. The van der Waals surface area contributed by atoms with E-state index >= 15 is 0 Å². The van der Waals surface area contributed by atoms with Crippen LogP contribution in [-0.4, -0.2) is 44.2 Å². The van der Waals surface area contributed by atoms with Gasteiger partial charge in [-0.1, -0.05) is 0 Å². The zero-order valence-corrected chi connectivity index (χ0v) is 9.34. The lowest BCUT2D eigenvalue weighted by molar-refractivity contribution is 0.0600. The molecule has 6 heteroatoms. The third kappa shape index (κ3) is 2.27. The van der Waals surface area contributed by atoms with Gasteiger partial charge in [0.05, 0.1) is 7.11 Å². The van der Waals surface area contributed by atoms with E-state index in [4.69, 9.17) is 0 Å². The summed E-state index contributed by atoms with van der Waals surface area (Å²) in [6.45, 7) is 3.80. The number of thiazole rings is 1. The minimum Gasteiger partial charge on any atom is -0.464 e. The van der Waals surface area contributed by atoms with E-state index in [2.05, 4.69) is 19.9 Å². The monoisotopic (exact) mass is 227 g/mol. The number of carbonyl (C=O) groups is 1. The molecule has 2 heterocycles. The van der Waals surface area contributed by atoms with Crippen LogP contribution >= 0.6 is 11.3 Å². The number of ether oxygens (including phenoxy) is 1. The minimum absolute atomic E-state index is 0.360. The second-order valence-electron chi connectivity index (χ2n) is 3.24. The van der Waals surface area contributed by atoms with Crippen LogP contribution in [0.15, 0.2) is 5.38 Å². The smallest absolute Gasteiger partial charge is 0.367 e. The molecule has 5 nitrogen and oxygen atoms in total. The van der Waals surface area contributed by atoms with Gasteiger partial charge in [-0.2, -0.15) is 0 Å². The summed E-state index contributed by atoms with van der Waals surface area (Å²) >= 11 is 1.33. The average Bonchev–Trinajstić information content (AvgIpc) is 2.78. The van der Waals surface area contributed by atoms with Gasteiger partial charge in [0, 0.05) is 31.6 Å². The predicted octanol–water partition coefficient (Wildman–Crippen LogP) is 0.339. The van der Waals surface area contributed by atoms with Crippen LogP contribution in [0.1, 0.15) is 9.80 Å². The fraction of sp³-hybridized carbons (Fsp3) is 0.556. The number of anilines is 1. The molecule has 15 heavy (non-hydrogen) atoms. The summed E-state index contributed by atoms with van der Waals surface area (Å²) in [7, 11) is 1.37. The average molecular weight is 227 g/mol. The molecule has 2 rings (SSSR count). The van der Waals surface area contributed by atoms with E-state index in [1.54, 1.807) is 0 Å². The van der Waals surface area contributed by atoms with Gasteiger partial charge in [-0.15, -0.1) is 11.3 Å². The van der Waals surface area contributed by atoms with E-state index in [0.29, 0.717) is 5.01 Å². The number of piperazine rings is 1. The van der Waals surface area contributed by atoms with Crippen molar-refractivity contribution in [2.45, 2.75) is 0 Å². The number of nitrogens with one attached hydrogen (secondary N) is 1. The van der Waals surface area contributed by atoms with Crippen molar-refractivity contribution in [3.05, 3.63) is 10.4 Å². The van der Waals surface area contributed by atoms with E-state index in [9.17, 15) is 4.79 Å². The maximum atomic E-state index is 11.2. The number of hydrogen-bond acceptors (Lipinski definition) is 6. The number of aromatic nitrogens is 1. The number of methoxy groups -OCH3 is 1. The molecule has 1 aliphatic heterocycles. The first-order chi connectivity index (χ1) is 7.31. The lowest BCUT2D eigenvalue weighted by Crippen LogP contribution is -2.43. The Bertz CT molecular complexity index is 347. The van der Waals surface area contributed by atoms with E-state index in [1.807, 2.05) is 5.38 Å². The largest absolute Gasteiger partial charge is 0.464 e. The Labute approximate surface area is 92.1 Å². The molecule has 1 aromatic rings. The predicted molar refractivity (Wildman–Crippen MR) is 58.5 cm³/mol. The third-order valence-corrected chi connectivity index (χ3v) is 3.10. The van der Waals surface area contributed by atoms with E-state index < -0.39 is 0 Å². The Kier molecular flexibility index (Phi) is 3.17. The molecule has 1 aromatic heterocycles. The highest BCUT2D eigenvalue weighted by Gasteiger charge is 2.16. The zero-order valence-electron chi connectivity index (χ0n) is 8.52. The first kappa shape index (κ1) is 10.4. The van der Waals surface area contributed by atoms with Crippen LogP contribution in [0.25, 0.3) is 0 Å². The van der Waals surface area contributed by atoms with Crippen molar-refractivity contribution >= 4 is 23.1 Å². The Morgan fingerprint density at radius 3 is 3.00 bits per heavy atom. The molecule has 1 saturated heterocycles. The lowest BCUT2D eigenvalue weighted by atomic mass is 10.4. The maximum Gasteiger partial charge on any atom is 0.367 e. The maximum absolute atomic E-state index is 11.2. The lowest BCUT2D eigenvalue weighted by Gasteiger charge is -2.27. The van der Waals surface area contributed by atoms with Crippen LogP contribution < -0.4 is 10.2 Å². The second kappa shape index (κ2) is 4.59. The van der Waals surface area contributed by atoms with Crippen molar-refractivity contribution in [1.29, 1.82) is 0 Å². The fourth-order valence-corrected chi connectivity index (χ4v) is 2.23. The molecular formula is C9H13N3O2S. The van der Waals surface area contributed by atoms with Gasteiger partial charge in [0.2, 0.25) is 5.01 Å². The standard InChI is InChI=1S/C9H13N3O2S/c1-14-9(13)8-11-7(6-15-8)12-4-2-10-3-5-12/h6,10H,2-5H2,1H3. The summed E-state index contributed by atoms with van der Waals surface area (Å²) in [6, 6.07) is 0. The molecular weight excluding hydrogens is 214 g/mol. The molecule has 82 valence electrons. The first-order valence-corrected chi connectivity index (χ1v) is 5.69. The molecule has 1 N–H and O–H groups in total.